The van der Waals surface area contributed by atoms with Gasteiger partial charge in [-0.1, -0.05) is 31.4 Å². The molecule has 0 unspecified atom stereocenters. The third kappa shape index (κ3) is 2.39. The highest BCUT2D eigenvalue weighted by molar-refractivity contribution is 5.55. The predicted molar refractivity (Wildman–Crippen MR) is 79.3 cm³/mol. The minimum atomic E-state index is 0.233. The van der Waals surface area contributed by atoms with Crippen LogP contribution in [-0.4, -0.2) is 20.6 Å². The predicted octanol–water partition coefficient (Wildman–Crippen LogP) is 3.22. The topological polar surface area (TPSA) is 29.3 Å². The van der Waals surface area contributed by atoms with Gasteiger partial charge >= 0.3 is 0 Å². The van der Waals surface area contributed by atoms with E-state index < -0.39 is 0 Å². The zero-order chi connectivity index (χ0) is 13.2. The van der Waals surface area contributed by atoms with Crippen molar-refractivity contribution in [3.05, 3.63) is 29.3 Å². The van der Waals surface area contributed by atoms with Crippen molar-refractivity contribution in [2.75, 3.05) is 25.5 Å². The van der Waals surface area contributed by atoms with E-state index in [2.05, 4.69) is 44.1 Å². The van der Waals surface area contributed by atoms with Gasteiger partial charge in [-0.3, -0.25) is 0 Å². The second-order valence-electron chi connectivity index (χ2n) is 5.94. The molecule has 1 aromatic carbocycles. The minimum absolute atomic E-state index is 0.233. The molecule has 1 aromatic rings. The molecule has 1 saturated carbocycles. The van der Waals surface area contributed by atoms with Crippen LogP contribution in [0.25, 0.3) is 0 Å². The van der Waals surface area contributed by atoms with E-state index in [-0.39, 0.29) is 5.41 Å². The number of hydrogen-bond acceptors (Lipinski definition) is 2. The SMILES string of the molecule is Cc1ccc(C2(CN)CCCCC2)cc1N(C)C. The van der Waals surface area contributed by atoms with Crippen LogP contribution in [0.4, 0.5) is 5.69 Å². The van der Waals surface area contributed by atoms with Gasteiger partial charge in [0.15, 0.2) is 0 Å². The molecular weight excluding hydrogens is 220 g/mol. The van der Waals surface area contributed by atoms with E-state index in [1.165, 1.54) is 48.9 Å². The van der Waals surface area contributed by atoms with Crippen molar-refractivity contribution in [1.29, 1.82) is 0 Å². The number of rotatable bonds is 3. The van der Waals surface area contributed by atoms with Crippen molar-refractivity contribution in [1.82, 2.24) is 0 Å². The number of aryl methyl sites for hydroxylation is 1. The van der Waals surface area contributed by atoms with Crippen LogP contribution in [0.3, 0.4) is 0 Å². The van der Waals surface area contributed by atoms with E-state index in [9.17, 15) is 0 Å². The summed E-state index contributed by atoms with van der Waals surface area (Å²) < 4.78 is 0. The number of hydrogen-bond donors (Lipinski definition) is 1. The van der Waals surface area contributed by atoms with E-state index in [0.717, 1.165) is 6.54 Å². The lowest BCUT2D eigenvalue weighted by Gasteiger charge is -2.37. The molecule has 0 radical (unpaired) electrons. The molecule has 1 aliphatic rings. The van der Waals surface area contributed by atoms with Crippen molar-refractivity contribution < 1.29 is 0 Å². The maximum atomic E-state index is 6.12. The third-order valence-corrected chi connectivity index (χ3v) is 4.50. The van der Waals surface area contributed by atoms with Crippen LogP contribution in [-0.2, 0) is 5.41 Å². The number of nitrogens with zero attached hydrogens (tertiary/aromatic N) is 1. The van der Waals surface area contributed by atoms with Gasteiger partial charge < -0.3 is 10.6 Å². The van der Waals surface area contributed by atoms with Crippen LogP contribution >= 0.6 is 0 Å². The summed E-state index contributed by atoms with van der Waals surface area (Å²) in [6.45, 7) is 2.96. The molecule has 2 rings (SSSR count). The molecule has 0 amide bonds. The zero-order valence-corrected chi connectivity index (χ0v) is 12.0. The first-order chi connectivity index (χ1) is 8.59. The molecule has 0 aliphatic heterocycles. The molecule has 0 atom stereocenters. The Morgan fingerprint density at radius 1 is 1.17 bits per heavy atom. The van der Waals surface area contributed by atoms with E-state index >= 15 is 0 Å². The second kappa shape index (κ2) is 5.31. The smallest absolute Gasteiger partial charge is 0.0393 e. The number of benzene rings is 1. The van der Waals surface area contributed by atoms with Crippen molar-refractivity contribution in [3.8, 4) is 0 Å². The van der Waals surface area contributed by atoms with Gasteiger partial charge in [0.25, 0.3) is 0 Å². The number of nitrogens with two attached hydrogens (primary N) is 1. The summed E-state index contributed by atoms with van der Waals surface area (Å²) in [7, 11) is 4.23. The monoisotopic (exact) mass is 246 g/mol. The molecule has 1 aliphatic carbocycles. The van der Waals surface area contributed by atoms with E-state index in [0.29, 0.717) is 0 Å². The van der Waals surface area contributed by atoms with E-state index in [4.69, 9.17) is 5.73 Å². The summed E-state index contributed by atoms with van der Waals surface area (Å²) in [5.41, 5.74) is 10.5. The van der Waals surface area contributed by atoms with Crippen LogP contribution < -0.4 is 10.6 Å². The van der Waals surface area contributed by atoms with Gasteiger partial charge in [-0.15, -0.1) is 0 Å². The molecule has 0 bridgehead atoms. The molecule has 2 heteroatoms. The average molecular weight is 246 g/mol. The standard InChI is InChI=1S/C16H26N2/c1-13-7-8-14(11-15(13)18(2)3)16(12-17)9-5-4-6-10-16/h7-8,11H,4-6,9-10,12,17H2,1-3H3. The highest BCUT2D eigenvalue weighted by atomic mass is 15.1. The first-order valence-electron chi connectivity index (χ1n) is 7.07. The fourth-order valence-corrected chi connectivity index (χ4v) is 3.26. The zero-order valence-electron chi connectivity index (χ0n) is 12.0. The van der Waals surface area contributed by atoms with Crippen molar-refractivity contribution >= 4 is 5.69 Å². The second-order valence-corrected chi connectivity index (χ2v) is 5.94. The Morgan fingerprint density at radius 3 is 2.39 bits per heavy atom. The molecule has 0 heterocycles. The molecule has 0 saturated heterocycles. The van der Waals surface area contributed by atoms with Gasteiger partial charge in [-0.05, 0) is 37.0 Å². The highest BCUT2D eigenvalue weighted by Gasteiger charge is 2.32. The fourth-order valence-electron chi connectivity index (χ4n) is 3.26. The molecule has 2 N–H and O–H groups in total. The summed E-state index contributed by atoms with van der Waals surface area (Å²) in [4.78, 5) is 2.20. The van der Waals surface area contributed by atoms with E-state index in [1.54, 1.807) is 0 Å². The van der Waals surface area contributed by atoms with Crippen LogP contribution in [0.2, 0.25) is 0 Å². The Hall–Kier alpha value is -1.02. The average Bonchev–Trinajstić information content (AvgIpc) is 2.39. The van der Waals surface area contributed by atoms with E-state index in [1.807, 2.05) is 0 Å². The Labute approximate surface area is 111 Å². The first kappa shape index (κ1) is 13.4. The lowest BCUT2D eigenvalue weighted by molar-refractivity contribution is 0.301. The van der Waals surface area contributed by atoms with Gasteiger partial charge in [0.2, 0.25) is 0 Å². The molecule has 0 aromatic heterocycles. The summed E-state index contributed by atoms with van der Waals surface area (Å²) >= 11 is 0. The molecule has 1 fully saturated rings. The normalized spacial score (nSPS) is 18.7. The van der Waals surface area contributed by atoms with Gasteiger partial charge in [-0.2, -0.15) is 0 Å². The largest absolute Gasteiger partial charge is 0.377 e. The van der Waals surface area contributed by atoms with Crippen molar-refractivity contribution in [3.63, 3.8) is 0 Å². The summed E-state index contributed by atoms with van der Waals surface area (Å²) in [6, 6.07) is 6.89. The lowest BCUT2D eigenvalue weighted by Crippen LogP contribution is -2.37. The van der Waals surface area contributed by atoms with Gasteiger partial charge in [0.05, 0.1) is 0 Å². The third-order valence-electron chi connectivity index (χ3n) is 4.50. The maximum Gasteiger partial charge on any atom is 0.0393 e. The highest BCUT2D eigenvalue weighted by Crippen LogP contribution is 2.40. The Kier molecular flexibility index (Phi) is 3.96. The molecule has 100 valence electrons. The van der Waals surface area contributed by atoms with Crippen LogP contribution in [0.15, 0.2) is 18.2 Å². The van der Waals surface area contributed by atoms with Crippen LogP contribution in [0.5, 0.6) is 0 Å². The fraction of sp³-hybridized carbons (Fsp3) is 0.625. The van der Waals surface area contributed by atoms with Gasteiger partial charge in [0.1, 0.15) is 0 Å². The minimum Gasteiger partial charge on any atom is -0.377 e. The van der Waals surface area contributed by atoms with Crippen LogP contribution in [0.1, 0.15) is 43.2 Å². The Balaban J connectivity index is 2.39. The Bertz CT molecular complexity index is 404. The van der Waals surface area contributed by atoms with Gasteiger partial charge in [0, 0.05) is 31.7 Å². The maximum absolute atomic E-state index is 6.12. The van der Waals surface area contributed by atoms with Crippen LogP contribution in [0, 0.1) is 6.92 Å². The molecule has 2 nitrogen and oxygen atoms in total. The molecule has 0 spiro atoms. The Morgan fingerprint density at radius 2 is 1.83 bits per heavy atom. The number of anilines is 1. The van der Waals surface area contributed by atoms with Crippen molar-refractivity contribution in [2.24, 2.45) is 5.73 Å². The summed E-state index contributed by atoms with van der Waals surface area (Å²) in [5.74, 6) is 0. The summed E-state index contributed by atoms with van der Waals surface area (Å²) in [6.07, 6.45) is 6.51. The quantitative estimate of drug-likeness (QED) is 0.887. The lowest BCUT2D eigenvalue weighted by atomic mass is 9.69. The van der Waals surface area contributed by atoms with Crippen molar-refractivity contribution in [2.45, 2.75) is 44.4 Å². The first-order valence-corrected chi connectivity index (χ1v) is 7.07. The molecule has 18 heavy (non-hydrogen) atoms. The summed E-state index contributed by atoms with van der Waals surface area (Å²) in [5, 5.41) is 0. The van der Waals surface area contributed by atoms with Gasteiger partial charge in [-0.25, -0.2) is 0 Å². The molecular formula is C16H26N2.